The third-order valence-corrected chi connectivity index (χ3v) is 2.65. The second-order valence-electron chi connectivity index (χ2n) is 3.44. The van der Waals surface area contributed by atoms with E-state index in [9.17, 15) is 4.79 Å². The highest BCUT2D eigenvalue weighted by molar-refractivity contribution is 9.10. The number of aliphatic imine (C=N–C) groups is 1. The van der Waals surface area contributed by atoms with E-state index in [1.807, 2.05) is 12.1 Å². The average molecular weight is 299 g/mol. The zero-order valence-corrected chi connectivity index (χ0v) is 11.6. The van der Waals surface area contributed by atoms with Crippen molar-refractivity contribution in [3.05, 3.63) is 28.2 Å². The second kappa shape index (κ2) is 6.39. The largest absolute Gasteiger partial charge is 0.480 e. The highest BCUT2D eigenvalue weighted by Gasteiger charge is 2.14. The fourth-order valence-corrected chi connectivity index (χ4v) is 1.69. The molecule has 17 heavy (non-hydrogen) atoms. The van der Waals surface area contributed by atoms with Gasteiger partial charge >= 0.3 is 0 Å². The number of nitrogens with zero attached hydrogens (tertiary/aromatic N) is 1. The van der Waals surface area contributed by atoms with Crippen LogP contribution in [-0.4, -0.2) is 32.3 Å². The molecule has 1 rings (SSSR count). The van der Waals surface area contributed by atoms with Crippen molar-refractivity contribution < 1.29 is 9.53 Å². The van der Waals surface area contributed by atoms with Gasteiger partial charge in [-0.05, 0) is 25.1 Å². The fraction of sp³-hybridized carbons (Fsp3) is 0.333. The van der Waals surface area contributed by atoms with E-state index in [4.69, 9.17) is 4.74 Å². The van der Waals surface area contributed by atoms with Crippen molar-refractivity contribution in [1.82, 2.24) is 5.32 Å². The first kappa shape index (κ1) is 13.7. The molecule has 0 saturated carbocycles. The summed E-state index contributed by atoms with van der Waals surface area (Å²) in [6, 6.07) is 5.55. The Hall–Kier alpha value is -1.36. The summed E-state index contributed by atoms with van der Waals surface area (Å²) in [5.41, 5.74) is 0.831. The van der Waals surface area contributed by atoms with Crippen LogP contribution in [0.15, 0.2) is 27.7 Å². The Morgan fingerprint density at radius 1 is 1.59 bits per heavy atom. The molecule has 1 aromatic carbocycles. The highest BCUT2D eigenvalue weighted by atomic mass is 79.9. The van der Waals surface area contributed by atoms with Gasteiger partial charge in [-0.25, -0.2) is 0 Å². The summed E-state index contributed by atoms with van der Waals surface area (Å²) >= 11 is 3.38. The number of halogens is 1. The van der Waals surface area contributed by atoms with E-state index < -0.39 is 6.10 Å². The predicted molar refractivity (Wildman–Crippen MR) is 71.8 cm³/mol. The van der Waals surface area contributed by atoms with E-state index >= 15 is 0 Å². The molecular weight excluding hydrogens is 284 g/mol. The van der Waals surface area contributed by atoms with E-state index in [0.29, 0.717) is 5.75 Å². The molecule has 1 atom stereocenters. The van der Waals surface area contributed by atoms with Gasteiger partial charge in [0.15, 0.2) is 6.10 Å². The molecule has 0 saturated heterocycles. The lowest BCUT2D eigenvalue weighted by atomic mass is 10.2. The van der Waals surface area contributed by atoms with Gasteiger partial charge in [0.25, 0.3) is 5.91 Å². The molecule has 92 valence electrons. The zero-order valence-electron chi connectivity index (χ0n) is 10.0. The summed E-state index contributed by atoms with van der Waals surface area (Å²) < 4.78 is 6.52. The summed E-state index contributed by atoms with van der Waals surface area (Å²) in [5.74, 6) is 0.474. The predicted octanol–water partition coefficient (Wildman–Crippen LogP) is 2.01. The van der Waals surface area contributed by atoms with E-state index in [1.54, 1.807) is 33.3 Å². The summed E-state index contributed by atoms with van der Waals surface area (Å²) in [7, 11) is 3.27. The molecule has 0 heterocycles. The van der Waals surface area contributed by atoms with E-state index in [0.717, 1.165) is 10.0 Å². The first-order chi connectivity index (χ1) is 8.08. The lowest BCUT2D eigenvalue weighted by Crippen LogP contribution is -2.33. The van der Waals surface area contributed by atoms with E-state index in [-0.39, 0.29) is 5.91 Å². The van der Waals surface area contributed by atoms with Gasteiger partial charge in [0.1, 0.15) is 5.75 Å². The lowest BCUT2D eigenvalue weighted by molar-refractivity contribution is -0.126. The van der Waals surface area contributed by atoms with Gasteiger partial charge in [0.2, 0.25) is 0 Å². The molecule has 5 heteroatoms. The molecule has 0 aliphatic carbocycles. The average Bonchev–Trinajstić information content (AvgIpc) is 2.31. The fourth-order valence-electron chi connectivity index (χ4n) is 1.31. The Morgan fingerprint density at radius 3 is 2.88 bits per heavy atom. The maximum Gasteiger partial charge on any atom is 0.260 e. The van der Waals surface area contributed by atoms with Crippen molar-refractivity contribution in [1.29, 1.82) is 0 Å². The van der Waals surface area contributed by atoms with Crippen molar-refractivity contribution in [2.24, 2.45) is 4.99 Å². The van der Waals surface area contributed by atoms with Crippen molar-refractivity contribution in [3.63, 3.8) is 0 Å². The van der Waals surface area contributed by atoms with Crippen LogP contribution < -0.4 is 10.1 Å². The number of rotatable bonds is 4. The number of carbonyl (C=O) groups excluding carboxylic acids is 1. The van der Waals surface area contributed by atoms with Crippen LogP contribution in [0.5, 0.6) is 5.75 Å². The maximum absolute atomic E-state index is 11.4. The van der Waals surface area contributed by atoms with Gasteiger partial charge < -0.3 is 10.1 Å². The monoisotopic (exact) mass is 298 g/mol. The number of nitrogens with one attached hydrogen (secondary N) is 1. The molecule has 0 bridgehead atoms. The van der Waals surface area contributed by atoms with Gasteiger partial charge in [-0.1, -0.05) is 15.9 Å². The lowest BCUT2D eigenvalue weighted by Gasteiger charge is -2.15. The van der Waals surface area contributed by atoms with Crippen molar-refractivity contribution >= 4 is 28.1 Å². The van der Waals surface area contributed by atoms with Crippen LogP contribution in [0.1, 0.15) is 12.5 Å². The minimum absolute atomic E-state index is 0.160. The topological polar surface area (TPSA) is 50.7 Å². The summed E-state index contributed by atoms with van der Waals surface area (Å²) in [6.45, 7) is 1.70. The number of benzene rings is 1. The Bertz CT molecular complexity index is 433. The number of carbonyl (C=O) groups is 1. The van der Waals surface area contributed by atoms with Crippen molar-refractivity contribution in [3.8, 4) is 5.75 Å². The Labute approximate surface area is 109 Å². The molecule has 1 amide bonds. The molecular formula is C12H15BrN2O2. The summed E-state index contributed by atoms with van der Waals surface area (Å²) in [5, 5.41) is 2.54. The second-order valence-corrected chi connectivity index (χ2v) is 4.36. The van der Waals surface area contributed by atoms with Gasteiger partial charge in [0, 0.05) is 30.3 Å². The first-order valence-corrected chi connectivity index (χ1v) is 5.97. The number of hydrogen-bond donors (Lipinski definition) is 1. The third-order valence-electron chi connectivity index (χ3n) is 2.16. The Morgan fingerprint density at radius 2 is 2.29 bits per heavy atom. The molecule has 0 spiro atoms. The molecule has 0 unspecified atom stereocenters. The van der Waals surface area contributed by atoms with Crippen LogP contribution in [0.25, 0.3) is 0 Å². The number of ether oxygens (including phenoxy) is 1. The number of likely N-dealkylation sites (N-methyl/N-ethyl adjacent to an activating group) is 1. The van der Waals surface area contributed by atoms with E-state index in [2.05, 4.69) is 26.2 Å². The smallest absolute Gasteiger partial charge is 0.260 e. The maximum atomic E-state index is 11.4. The Balaban J connectivity index is 2.93. The molecule has 0 radical (unpaired) electrons. The quantitative estimate of drug-likeness (QED) is 0.865. The Kier molecular flexibility index (Phi) is 5.15. The standard InChI is InChI=1S/C12H15BrN2O2/c1-8(12(16)15-3)17-11-5-4-10(13)6-9(11)7-14-2/h4-8H,1-3H3,(H,15,16)/t8-/m0/s1. The van der Waals surface area contributed by atoms with Gasteiger partial charge in [-0.2, -0.15) is 0 Å². The minimum Gasteiger partial charge on any atom is -0.480 e. The van der Waals surface area contributed by atoms with Crippen LogP contribution in [0.2, 0.25) is 0 Å². The van der Waals surface area contributed by atoms with Gasteiger partial charge in [-0.3, -0.25) is 9.79 Å². The molecule has 0 aliphatic rings. The first-order valence-electron chi connectivity index (χ1n) is 5.18. The number of amides is 1. The molecule has 0 aliphatic heterocycles. The third kappa shape index (κ3) is 3.85. The molecule has 0 aromatic heterocycles. The van der Waals surface area contributed by atoms with Crippen LogP contribution in [0, 0.1) is 0 Å². The highest BCUT2D eigenvalue weighted by Crippen LogP contribution is 2.22. The van der Waals surface area contributed by atoms with Crippen LogP contribution in [0.4, 0.5) is 0 Å². The normalized spacial score (nSPS) is 12.5. The van der Waals surface area contributed by atoms with Crippen LogP contribution >= 0.6 is 15.9 Å². The van der Waals surface area contributed by atoms with Crippen LogP contribution in [0.3, 0.4) is 0 Å². The number of hydrogen-bond acceptors (Lipinski definition) is 3. The summed E-state index contributed by atoms with van der Waals surface area (Å²) in [4.78, 5) is 15.3. The minimum atomic E-state index is -0.537. The zero-order chi connectivity index (χ0) is 12.8. The van der Waals surface area contributed by atoms with Gasteiger partial charge in [-0.15, -0.1) is 0 Å². The van der Waals surface area contributed by atoms with E-state index in [1.165, 1.54) is 0 Å². The SMILES string of the molecule is CN=Cc1cc(Br)ccc1O[C@@H](C)C(=O)NC. The summed E-state index contributed by atoms with van der Waals surface area (Å²) in [6.07, 6.45) is 1.15. The van der Waals surface area contributed by atoms with Crippen molar-refractivity contribution in [2.45, 2.75) is 13.0 Å². The molecule has 4 nitrogen and oxygen atoms in total. The van der Waals surface area contributed by atoms with Gasteiger partial charge in [0.05, 0.1) is 0 Å². The molecule has 1 aromatic rings. The molecule has 1 N–H and O–H groups in total. The van der Waals surface area contributed by atoms with Crippen molar-refractivity contribution in [2.75, 3.05) is 14.1 Å². The van der Waals surface area contributed by atoms with Crippen LogP contribution in [-0.2, 0) is 4.79 Å². The molecule has 0 fully saturated rings.